The van der Waals surface area contributed by atoms with Crippen LogP contribution in [0.5, 0.6) is 5.75 Å². The number of benzene rings is 1. The molecule has 1 saturated carbocycles. The van der Waals surface area contributed by atoms with E-state index in [4.69, 9.17) is 4.74 Å². The lowest BCUT2D eigenvalue weighted by atomic mass is 10.2. The molecule has 0 heterocycles. The lowest BCUT2D eigenvalue weighted by molar-refractivity contribution is 0.111. The Balaban J connectivity index is 2.29. The summed E-state index contributed by atoms with van der Waals surface area (Å²) in [6, 6.07) is 2.07. The number of rotatable bonds is 3. The molecule has 0 radical (unpaired) electrons. The highest BCUT2D eigenvalue weighted by molar-refractivity contribution is 5.75. The summed E-state index contributed by atoms with van der Waals surface area (Å²) in [5.74, 6) is -1.61. The van der Waals surface area contributed by atoms with Gasteiger partial charge >= 0.3 is 0 Å². The van der Waals surface area contributed by atoms with Gasteiger partial charge in [-0.2, -0.15) is 0 Å². The van der Waals surface area contributed by atoms with E-state index >= 15 is 0 Å². The molecule has 4 heteroatoms. The predicted molar refractivity (Wildman–Crippen MR) is 45.4 cm³/mol. The second kappa shape index (κ2) is 3.36. The molecule has 1 aliphatic carbocycles. The second-order valence-electron chi connectivity index (χ2n) is 3.24. The summed E-state index contributed by atoms with van der Waals surface area (Å²) in [4.78, 5) is 10.3. The Kier molecular flexibility index (Phi) is 2.19. The van der Waals surface area contributed by atoms with Crippen molar-refractivity contribution in [3.05, 3.63) is 29.3 Å². The van der Waals surface area contributed by atoms with Crippen molar-refractivity contribution in [1.82, 2.24) is 0 Å². The molecule has 0 atom stereocenters. The molecule has 74 valence electrons. The Morgan fingerprint density at radius 3 is 2.29 bits per heavy atom. The van der Waals surface area contributed by atoms with Crippen LogP contribution in [0, 0.1) is 11.6 Å². The Hall–Kier alpha value is -1.45. The normalized spacial score (nSPS) is 15.3. The summed E-state index contributed by atoms with van der Waals surface area (Å²) in [5.41, 5.74) is -0.548. The van der Waals surface area contributed by atoms with Crippen LogP contribution in [0.15, 0.2) is 12.1 Å². The third kappa shape index (κ3) is 1.73. The largest absolute Gasteiger partial charge is 0.490 e. The number of carbonyl (C=O) groups is 1. The van der Waals surface area contributed by atoms with E-state index in [1.165, 1.54) is 0 Å². The highest BCUT2D eigenvalue weighted by atomic mass is 19.1. The highest BCUT2D eigenvalue weighted by Gasteiger charge is 2.24. The summed E-state index contributed by atoms with van der Waals surface area (Å²) in [6.07, 6.45) is 2.07. The first-order valence-corrected chi connectivity index (χ1v) is 4.31. The van der Waals surface area contributed by atoms with Gasteiger partial charge in [-0.3, -0.25) is 4.79 Å². The van der Waals surface area contributed by atoms with E-state index in [2.05, 4.69) is 0 Å². The van der Waals surface area contributed by atoms with Crippen LogP contribution in [0.1, 0.15) is 23.2 Å². The second-order valence-corrected chi connectivity index (χ2v) is 3.24. The molecule has 0 aliphatic heterocycles. The molecule has 1 aliphatic rings. The molecule has 0 saturated heterocycles. The van der Waals surface area contributed by atoms with Crippen molar-refractivity contribution >= 4 is 6.29 Å². The molecule has 2 nitrogen and oxygen atoms in total. The standard InChI is InChI=1S/C10H8F2O2/c11-9-3-7(14-6-1-2-6)4-10(12)8(9)5-13/h3-6H,1-2H2. The minimum atomic E-state index is -0.879. The average molecular weight is 198 g/mol. The summed E-state index contributed by atoms with van der Waals surface area (Å²) in [7, 11) is 0. The fraction of sp³-hybridized carbons (Fsp3) is 0.300. The summed E-state index contributed by atoms with van der Waals surface area (Å²) >= 11 is 0. The van der Waals surface area contributed by atoms with Crippen molar-refractivity contribution in [2.45, 2.75) is 18.9 Å². The maximum Gasteiger partial charge on any atom is 0.155 e. The molecular weight excluding hydrogens is 190 g/mol. The van der Waals surface area contributed by atoms with Gasteiger partial charge in [-0.05, 0) is 12.8 Å². The summed E-state index contributed by atoms with van der Waals surface area (Å²) in [5, 5.41) is 0. The van der Waals surface area contributed by atoms with Crippen molar-refractivity contribution in [3.8, 4) is 5.75 Å². The quantitative estimate of drug-likeness (QED) is 0.696. The zero-order chi connectivity index (χ0) is 10.1. The Morgan fingerprint density at radius 2 is 1.86 bits per heavy atom. The number of hydrogen-bond acceptors (Lipinski definition) is 2. The first-order valence-electron chi connectivity index (χ1n) is 4.31. The van der Waals surface area contributed by atoms with Crippen molar-refractivity contribution in [3.63, 3.8) is 0 Å². The van der Waals surface area contributed by atoms with E-state index in [1.807, 2.05) is 0 Å². The molecular formula is C10H8F2O2. The highest BCUT2D eigenvalue weighted by Crippen LogP contribution is 2.28. The van der Waals surface area contributed by atoms with Gasteiger partial charge in [0, 0.05) is 12.1 Å². The van der Waals surface area contributed by atoms with Crippen molar-refractivity contribution in [1.29, 1.82) is 0 Å². The van der Waals surface area contributed by atoms with E-state index < -0.39 is 17.2 Å². The molecule has 0 spiro atoms. The van der Waals surface area contributed by atoms with Gasteiger partial charge in [0.2, 0.25) is 0 Å². The van der Waals surface area contributed by atoms with Crippen LogP contribution in [0.25, 0.3) is 0 Å². The lowest BCUT2D eigenvalue weighted by Gasteiger charge is -2.05. The number of aldehydes is 1. The van der Waals surface area contributed by atoms with Crippen LogP contribution in [0.3, 0.4) is 0 Å². The molecule has 0 aromatic heterocycles. The van der Waals surface area contributed by atoms with Gasteiger partial charge in [0.05, 0.1) is 11.7 Å². The van der Waals surface area contributed by atoms with Crippen molar-refractivity contribution < 1.29 is 18.3 Å². The Morgan fingerprint density at radius 1 is 1.29 bits per heavy atom. The zero-order valence-electron chi connectivity index (χ0n) is 7.30. The Labute approximate surface area is 79.5 Å². The molecule has 14 heavy (non-hydrogen) atoms. The van der Waals surface area contributed by atoms with Crippen LogP contribution < -0.4 is 4.74 Å². The van der Waals surface area contributed by atoms with E-state index in [9.17, 15) is 13.6 Å². The minimum Gasteiger partial charge on any atom is -0.490 e. The fourth-order valence-corrected chi connectivity index (χ4v) is 1.12. The number of ether oxygens (including phenoxy) is 1. The molecule has 1 aromatic carbocycles. The van der Waals surface area contributed by atoms with Crippen molar-refractivity contribution in [2.75, 3.05) is 0 Å². The van der Waals surface area contributed by atoms with E-state index in [-0.39, 0.29) is 18.1 Å². The molecule has 0 unspecified atom stereocenters. The van der Waals surface area contributed by atoms with Gasteiger partial charge < -0.3 is 4.74 Å². The fourth-order valence-electron chi connectivity index (χ4n) is 1.12. The molecule has 1 aromatic rings. The van der Waals surface area contributed by atoms with Crippen LogP contribution in [0.2, 0.25) is 0 Å². The van der Waals surface area contributed by atoms with E-state index in [1.54, 1.807) is 0 Å². The van der Waals surface area contributed by atoms with Crippen LogP contribution in [-0.4, -0.2) is 12.4 Å². The maximum atomic E-state index is 13.0. The predicted octanol–water partition coefficient (Wildman–Crippen LogP) is 2.32. The first-order chi connectivity index (χ1) is 6.70. The van der Waals surface area contributed by atoms with Crippen LogP contribution in [0.4, 0.5) is 8.78 Å². The minimum absolute atomic E-state index is 0.0795. The number of hydrogen-bond donors (Lipinski definition) is 0. The monoisotopic (exact) mass is 198 g/mol. The number of carbonyl (C=O) groups excluding carboxylic acids is 1. The maximum absolute atomic E-state index is 13.0. The molecule has 0 N–H and O–H groups in total. The van der Waals surface area contributed by atoms with Gasteiger partial charge in [0.1, 0.15) is 17.4 Å². The van der Waals surface area contributed by atoms with Gasteiger partial charge in [-0.15, -0.1) is 0 Å². The third-order valence-corrected chi connectivity index (χ3v) is 2.00. The van der Waals surface area contributed by atoms with Crippen LogP contribution in [-0.2, 0) is 0 Å². The lowest BCUT2D eigenvalue weighted by Crippen LogP contribution is -2.00. The summed E-state index contributed by atoms with van der Waals surface area (Å²) < 4.78 is 31.3. The average Bonchev–Trinajstić information content (AvgIpc) is 2.87. The van der Waals surface area contributed by atoms with E-state index in [0.717, 1.165) is 25.0 Å². The molecule has 0 bridgehead atoms. The summed E-state index contributed by atoms with van der Waals surface area (Å²) in [6.45, 7) is 0. The smallest absolute Gasteiger partial charge is 0.155 e. The van der Waals surface area contributed by atoms with Gasteiger partial charge in [-0.1, -0.05) is 0 Å². The number of halogens is 2. The first kappa shape index (κ1) is 9.12. The van der Waals surface area contributed by atoms with Gasteiger partial charge in [-0.25, -0.2) is 8.78 Å². The van der Waals surface area contributed by atoms with Gasteiger partial charge in [0.25, 0.3) is 0 Å². The van der Waals surface area contributed by atoms with Crippen LogP contribution >= 0.6 is 0 Å². The SMILES string of the molecule is O=Cc1c(F)cc(OC2CC2)cc1F. The molecule has 0 amide bonds. The van der Waals surface area contributed by atoms with Crippen molar-refractivity contribution in [2.24, 2.45) is 0 Å². The zero-order valence-corrected chi connectivity index (χ0v) is 7.30. The molecule has 1 fully saturated rings. The molecule has 2 rings (SSSR count). The van der Waals surface area contributed by atoms with Gasteiger partial charge in [0.15, 0.2) is 6.29 Å². The third-order valence-electron chi connectivity index (χ3n) is 2.00. The topological polar surface area (TPSA) is 26.3 Å². The Bertz CT molecular complexity index is 349. The van der Waals surface area contributed by atoms with E-state index in [0.29, 0.717) is 0 Å².